The number of aliphatic hydroxyl groups is 1. The Balaban J connectivity index is 2.19. The molecule has 1 aromatic rings. The zero-order chi connectivity index (χ0) is 14.3. The molecular weight excluding hydrogens is 249 g/mol. The first-order chi connectivity index (χ1) is 8.99. The fraction of sp³-hybridized carbons (Fsp3) is 0.500. The number of hydrogen-bond donors (Lipinski definition) is 2. The highest BCUT2D eigenvalue weighted by molar-refractivity contribution is 5.77. The van der Waals surface area contributed by atoms with Crippen LogP contribution in [0.4, 0.5) is 4.39 Å². The SMILES string of the molecule is CC(C)C(O)CCNC(=O)COc1ccc(F)cc1. The Labute approximate surface area is 112 Å². The minimum Gasteiger partial charge on any atom is -0.484 e. The quantitative estimate of drug-likeness (QED) is 0.792. The van der Waals surface area contributed by atoms with Crippen LogP contribution in [-0.4, -0.2) is 30.3 Å². The van der Waals surface area contributed by atoms with Crippen LogP contribution in [0.5, 0.6) is 5.75 Å². The molecule has 1 rings (SSSR count). The fourth-order valence-electron chi connectivity index (χ4n) is 1.42. The van der Waals surface area contributed by atoms with Crippen LogP contribution in [0.1, 0.15) is 20.3 Å². The Kier molecular flexibility index (Phi) is 6.29. The molecular formula is C14H20FNO3. The van der Waals surface area contributed by atoms with Crippen molar-refractivity contribution in [3.05, 3.63) is 30.1 Å². The largest absolute Gasteiger partial charge is 0.484 e. The normalized spacial score (nSPS) is 12.3. The minimum atomic E-state index is -0.418. The van der Waals surface area contributed by atoms with E-state index in [4.69, 9.17) is 4.74 Å². The van der Waals surface area contributed by atoms with Crippen molar-refractivity contribution < 1.29 is 19.0 Å². The van der Waals surface area contributed by atoms with E-state index in [9.17, 15) is 14.3 Å². The highest BCUT2D eigenvalue weighted by Gasteiger charge is 2.09. The van der Waals surface area contributed by atoms with Crippen molar-refractivity contribution in [1.82, 2.24) is 5.32 Å². The number of aliphatic hydroxyl groups excluding tert-OH is 1. The smallest absolute Gasteiger partial charge is 0.257 e. The van der Waals surface area contributed by atoms with Crippen LogP contribution >= 0.6 is 0 Å². The number of ether oxygens (including phenoxy) is 1. The summed E-state index contributed by atoms with van der Waals surface area (Å²) < 4.78 is 17.8. The number of carbonyl (C=O) groups is 1. The Morgan fingerprint density at radius 1 is 1.37 bits per heavy atom. The molecule has 1 atom stereocenters. The molecule has 0 fully saturated rings. The number of amides is 1. The summed E-state index contributed by atoms with van der Waals surface area (Å²) in [6.45, 7) is 4.13. The van der Waals surface area contributed by atoms with Gasteiger partial charge in [-0.1, -0.05) is 13.8 Å². The fourth-order valence-corrected chi connectivity index (χ4v) is 1.42. The van der Waals surface area contributed by atoms with Crippen LogP contribution in [-0.2, 0) is 4.79 Å². The van der Waals surface area contributed by atoms with E-state index in [1.807, 2.05) is 13.8 Å². The van der Waals surface area contributed by atoms with E-state index in [1.165, 1.54) is 24.3 Å². The number of rotatable bonds is 7. The van der Waals surface area contributed by atoms with Crippen molar-refractivity contribution in [3.63, 3.8) is 0 Å². The van der Waals surface area contributed by atoms with Gasteiger partial charge in [0.1, 0.15) is 11.6 Å². The molecule has 19 heavy (non-hydrogen) atoms. The highest BCUT2D eigenvalue weighted by atomic mass is 19.1. The molecule has 0 radical (unpaired) electrons. The molecule has 1 unspecified atom stereocenters. The van der Waals surface area contributed by atoms with Gasteiger partial charge in [0.25, 0.3) is 5.91 Å². The standard InChI is InChI=1S/C14H20FNO3/c1-10(2)13(17)7-8-16-14(18)9-19-12-5-3-11(15)4-6-12/h3-6,10,13,17H,7-9H2,1-2H3,(H,16,18). The van der Waals surface area contributed by atoms with Crippen molar-refractivity contribution >= 4 is 5.91 Å². The van der Waals surface area contributed by atoms with Crippen LogP contribution in [0, 0.1) is 11.7 Å². The van der Waals surface area contributed by atoms with Gasteiger partial charge in [0.05, 0.1) is 6.10 Å². The molecule has 0 heterocycles. The van der Waals surface area contributed by atoms with Crippen LogP contribution < -0.4 is 10.1 Å². The molecule has 0 saturated carbocycles. The van der Waals surface area contributed by atoms with Crippen LogP contribution in [0.25, 0.3) is 0 Å². The second-order valence-corrected chi connectivity index (χ2v) is 4.69. The first-order valence-corrected chi connectivity index (χ1v) is 6.32. The van der Waals surface area contributed by atoms with Crippen LogP contribution in [0.15, 0.2) is 24.3 Å². The average molecular weight is 269 g/mol. The van der Waals surface area contributed by atoms with E-state index >= 15 is 0 Å². The third-order valence-corrected chi connectivity index (χ3v) is 2.72. The number of carbonyl (C=O) groups excluding carboxylic acids is 1. The zero-order valence-electron chi connectivity index (χ0n) is 11.2. The Morgan fingerprint density at radius 2 is 2.00 bits per heavy atom. The second-order valence-electron chi connectivity index (χ2n) is 4.69. The van der Waals surface area contributed by atoms with Crippen molar-refractivity contribution in [2.75, 3.05) is 13.2 Å². The summed E-state index contributed by atoms with van der Waals surface area (Å²) in [7, 11) is 0. The molecule has 4 nitrogen and oxygen atoms in total. The van der Waals surface area contributed by atoms with E-state index in [0.717, 1.165) is 0 Å². The maximum Gasteiger partial charge on any atom is 0.257 e. The van der Waals surface area contributed by atoms with E-state index in [-0.39, 0.29) is 24.2 Å². The summed E-state index contributed by atoms with van der Waals surface area (Å²) in [6.07, 6.45) is 0.0956. The molecule has 1 amide bonds. The van der Waals surface area contributed by atoms with E-state index in [1.54, 1.807) is 0 Å². The molecule has 2 N–H and O–H groups in total. The van der Waals surface area contributed by atoms with Crippen molar-refractivity contribution in [2.24, 2.45) is 5.92 Å². The highest BCUT2D eigenvalue weighted by Crippen LogP contribution is 2.10. The molecule has 0 aromatic heterocycles. The summed E-state index contributed by atoms with van der Waals surface area (Å²) >= 11 is 0. The van der Waals surface area contributed by atoms with Crippen LogP contribution in [0.3, 0.4) is 0 Å². The van der Waals surface area contributed by atoms with Gasteiger partial charge in [-0.3, -0.25) is 4.79 Å². The summed E-state index contributed by atoms with van der Waals surface area (Å²) in [6, 6.07) is 5.47. The van der Waals surface area contributed by atoms with E-state index in [0.29, 0.717) is 18.7 Å². The third kappa shape index (κ3) is 6.20. The van der Waals surface area contributed by atoms with E-state index < -0.39 is 6.10 Å². The molecule has 0 aliphatic carbocycles. The number of nitrogens with one attached hydrogen (secondary N) is 1. The molecule has 0 aliphatic rings. The van der Waals surface area contributed by atoms with Gasteiger partial charge in [0.2, 0.25) is 0 Å². The van der Waals surface area contributed by atoms with Crippen molar-refractivity contribution in [1.29, 1.82) is 0 Å². The van der Waals surface area contributed by atoms with Gasteiger partial charge in [-0.25, -0.2) is 4.39 Å². The van der Waals surface area contributed by atoms with Gasteiger partial charge in [-0.2, -0.15) is 0 Å². The lowest BCUT2D eigenvalue weighted by Crippen LogP contribution is -2.32. The molecule has 0 bridgehead atoms. The predicted octanol–water partition coefficient (Wildman–Crippen LogP) is 1.73. The zero-order valence-corrected chi connectivity index (χ0v) is 11.2. The first-order valence-electron chi connectivity index (χ1n) is 6.32. The monoisotopic (exact) mass is 269 g/mol. The Bertz CT molecular complexity index is 392. The summed E-state index contributed by atoms with van der Waals surface area (Å²) in [5.74, 6) is 0.00545. The summed E-state index contributed by atoms with van der Waals surface area (Å²) in [5.41, 5.74) is 0. The van der Waals surface area contributed by atoms with Crippen LogP contribution in [0.2, 0.25) is 0 Å². The van der Waals surface area contributed by atoms with Gasteiger partial charge in [-0.15, -0.1) is 0 Å². The lowest BCUT2D eigenvalue weighted by atomic mass is 10.0. The van der Waals surface area contributed by atoms with Gasteiger partial charge >= 0.3 is 0 Å². The lowest BCUT2D eigenvalue weighted by Gasteiger charge is -2.14. The summed E-state index contributed by atoms with van der Waals surface area (Å²) in [4.78, 5) is 11.4. The predicted molar refractivity (Wildman–Crippen MR) is 70.4 cm³/mol. The average Bonchev–Trinajstić information content (AvgIpc) is 2.37. The Morgan fingerprint density at radius 3 is 2.58 bits per heavy atom. The van der Waals surface area contributed by atoms with E-state index in [2.05, 4.69) is 5.32 Å². The first kappa shape index (κ1) is 15.4. The maximum absolute atomic E-state index is 12.6. The molecule has 0 saturated heterocycles. The van der Waals surface area contributed by atoms with Gasteiger partial charge in [0, 0.05) is 6.54 Å². The molecule has 0 aliphatic heterocycles. The molecule has 1 aromatic carbocycles. The summed E-state index contributed by atoms with van der Waals surface area (Å²) in [5, 5.41) is 12.2. The molecule has 106 valence electrons. The lowest BCUT2D eigenvalue weighted by molar-refractivity contribution is -0.123. The molecule has 5 heteroatoms. The number of hydrogen-bond acceptors (Lipinski definition) is 3. The topological polar surface area (TPSA) is 58.6 Å². The number of halogens is 1. The van der Waals surface area contributed by atoms with Gasteiger partial charge in [-0.05, 0) is 36.6 Å². The maximum atomic E-state index is 12.6. The van der Waals surface area contributed by atoms with Crippen molar-refractivity contribution in [3.8, 4) is 5.75 Å². The third-order valence-electron chi connectivity index (χ3n) is 2.72. The van der Waals surface area contributed by atoms with Gasteiger partial charge in [0.15, 0.2) is 6.61 Å². The second kappa shape index (κ2) is 7.74. The van der Waals surface area contributed by atoms with Crippen molar-refractivity contribution in [2.45, 2.75) is 26.4 Å². The minimum absolute atomic E-state index is 0.122. The molecule has 0 spiro atoms. The van der Waals surface area contributed by atoms with Gasteiger partial charge < -0.3 is 15.2 Å². The number of benzene rings is 1. The Hall–Kier alpha value is -1.62.